The minimum atomic E-state index is -1.59. The van der Waals surface area contributed by atoms with Crippen molar-refractivity contribution in [1.82, 2.24) is 10.6 Å². The van der Waals surface area contributed by atoms with Crippen molar-refractivity contribution in [3.05, 3.63) is 215 Å². The summed E-state index contributed by atoms with van der Waals surface area (Å²) in [7, 11) is 0. The van der Waals surface area contributed by atoms with Crippen LogP contribution < -0.4 is 10.6 Å². The van der Waals surface area contributed by atoms with Gasteiger partial charge in [0.1, 0.15) is 37.1 Å². The van der Waals surface area contributed by atoms with Crippen LogP contribution in [-0.4, -0.2) is 67.2 Å². The fourth-order valence-electron chi connectivity index (χ4n) is 7.22. The Labute approximate surface area is 383 Å². The fourth-order valence-corrected chi connectivity index (χ4v) is 7.22. The number of amides is 2. The van der Waals surface area contributed by atoms with E-state index in [-0.39, 0.29) is 45.2 Å². The molecule has 0 aliphatic carbocycles. The quantitative estimate of drug-likeness (QED) is 0.0536. The van der Waals surface area contributed by atoms with Crippen LogP contribution in [0.2, 0.25) is 0 Å². The van der Waals surface area contributed by atoms with E-state index in [1.165, 1.54) is 12.1 Å². The van der Waals surface area contributed by atoms with Gasteiger partial charge in [-0.2, -0.15) is 0 Å². The van der Waals surface area contributed by atoms with Gasteiger partial charge in [0.2, 0.25) is 5.91 Å². The molecule has 0 spiro atoms. The molecule has 2 amide bonds. The second-order valence-electron chi connectivity index (χ2n) is 15.5. The van der Waals surface area contributed by atoms with E-state index in [9.17, 15) is 19.2 Å². The number of rotatable bonds is 21. The van der Waals surface area contributed by atoms with Gasteiger partial charge in [-0.3, -0.25) is 4.79 Å². The van der Waals surface area contributed by atoms with Crippen molar-refractivity contribution in [2.75, 3.05) is 6.61 Å². The molecule has 6 aromatic rings. The van der Waals surface area contributed by atoms with E-state index in [1.807, 2.05) is 127 Å². The predicted molar refractivity (Wildman–Crippen MR) is 243 cm³/mol. The number of nitrogens with one attached hydrogen (secondary N) is 2. The Balaban J connectivity index is 1.16. The summed E-state index contributed by atoms with van der Waals surface area (Å²) in [6.07, 6.45) is -6.52. The minimum absolute atomic E-state index is 0.0363. The smallest absolute Gasteiger partial charge is 0.415 e. The van der Waals surface area contributed by atoms with Gasteiger partial charge in [0.15, 0.2) is 6.23 Å². The molecule has 13 heteroatoms. The maximum Gasteiger partial charge on any atom is 0.415 e. The molecule has 2 N–H and O–H groups in total. The molecular formula is C53H52N2O11. The fraction of sp³-hybridized carbons (Fsp3) is 0.245. The van der Waals surface area contributed by atoms with E-state index in [0.29, 0.717) is 5.56 Å². The first-order valence-electron chi connectivity index (χ1n) is 21.7. The van der Waals surface area contributed by atoms with Crippen molar-refractivity contribution in [2.24, 2.45) is 0 Å². The lowest BCUT2D eigenvalue weighted by Crippen LogP contribution is -2.65. The zero-order chi connectivity index (χ0) is 45.8. The zero-order valence-corrected chi connectivity index (χ0v) is 36.2. The molecular weight excluding hydrogens is 841 g/mol. The Bertz CT molecular complexity index is 2400. The summed E-state index contributed by atoms with van der Waals surface area (Å²) in [5.41, 5.74) is 4.40. The van der Waals surface area contributed by atoms with Crippen molar-refractivity contribution in [3.8, 4) is 0 Å². The first-order valence-corrected chi connectivity index (χ1v) is 21.7. The largest absolute Gasteiger partial charge is 0.459 e. The summed E-state index contributed by atoms with van der Waals surface area (Å²) in [5.74, 6) is -2.61. The number of esters is 2. The van der Waals surface area contributed by atoms with Crippen LogP contribution in [0.4, 0.5) is 4.79 Å². The molecule has 0 radical (unpaired) electrons. The Kier molecular flexibility index (Phi) is 17.7. The van der Waals surface area contributed by atoms with E-state index in [2.05, 4.69) is 10.6 Å². The van der Waals surface area contributed by atoms with Crippen LogP contribution >= 0.6 is 0 Å². The van der Waals surface area contributed by atoms with E-state index in [4.69, 9.17) is 33.2 Å². The van der Waals surface area contributed by atoms with Gasteiger partial charge in [-0.1, -0.05) is 170 Å². The van der Waals surface area contributed by atoms with Crippen molar-refractivity contribution in [3.63, 3.8) is 0 Å². The topological polar surface area (TPSA) is 157 Å². The maximum atomic E-state index is 14.3. The average molecular weight is 893 g/mol. The Morgan fingerprint density at radius 3 is 1.42 bits per heavy atom. The van der Waals surface area contributed by atoms with Crippen LogP contribution in [0.3, 0.4) is 0 Å². The number of benzene rings is 6. The molecule has 0 unspecified atom stereocenters. The third-order valence-electron chi connectivity index (χ3n) is 10.6. The highest BCUT2D eigenvalue weighted by atomic mass is 16.6. The number of carbonyl (C=O) groups is 4. The molecule has 6 atom stereocenters. The summed E-state index contributed by atoms with van der Waals surface area (Å²) in [6.45, 7) is 0.656. The van der Waals surface area contributed by atoms with Gasteiger partial charge in [-0.25, -0.2) is 14.4 Å². The van der Waals surface area contributed by atoms with Crippen molar-refractivity contribution < 1.29 is 52.3 Å². The van der Waals surface area contributed by atoms with Gasteiger partial charge in [0, 0.05) is 0 Å². The van der Waals surface area contributed by atoms with Gasteiger partial charge in [0.25, 0.3) is 0 Å². The van der Waals surface area contributed by atoms with Crippen molar-refractivity contribution in [1.29, 1.82) is 0 Å². The Hall–Kier alpha value is -7.00. The molecule has 1 aliphatic heterocycles. The molecule has 0 bridgehead atoms. The highest BCUT2D eigenvalue weighted by molar-refractivity contribution is 5.97. The highest BCUT2D eigenvalue weighted by Gasteiger charge is 2.49. The average Bonchev–Trinajstić information content (AvgIpc) is 3.36. The molecule has 1 saturated heterocycles. The van der Waals surface area contributed by atoms with Gasteiger partial charge in [-0.05, 0) is 39.9 Å². The van der Waals surface area contributed by atoms with Gasteiger partial charge in [0.05, 0.1) is 45.0 Å². The Morgan fingerprint density at radius 1 is 0.500 bits per heavy atom. The van der Waals surface area contributed by atoms with Gasteiger partial charge >= 0.3 is 18.0 Å². The van der Waals surface area contributed by atoms with Gasteiger partial charge in [-0.15, -0.1) is 0 Å². The molecule has 13 nitrogen and oxygen atoms in total. The van der Waals surface area contributed by atoms with Crippen LogP contribution in [0.1, 0.15) is 44.6 Å². The lowest BCUT2D eigenvalue weighted by molar-refractivity contribution is -0.277. The van der Waals surface area contributed by atoms with Crippen LogP contribution in [0.5, 0.6) is 0 Å². The Morgan fingerprint density at radius 2 is 0.924 bits per heavy atom. The standard InChI is InChI=1S/C53H52N2O11/c56-46(31-44(52(58)64-36-42-27-15-5-16-28-42)54-53(59)66-51(57)43-29-17-6-18-30-43)55-50-49(63-35-41-25-13-4-14-26-41)48(62-34-40-23-11-3-12-24-40)47(61-33-39-21-9-2-10-22-39)45(65-50)37-60-32-38-19-7-1-8-20-38/h1-30,44-45,47-50H,31-37H2,(H,54,59)(H,55,56)/t44-,45+,47+,48-,49+,50-/m0/s1. The number of alkyl carbamates (subject to hydrolysis) is 1. The summed E-state index contributed by atoms with van der Waals surface area (Å²) in [5, 5.41) is 5.29. The summed E-state index contributed by atoms with van der Waals surface area (Å²) >= 11 is 0. The monoisotopic (exact) mass is 892 g/mol. The number of hydrogen-bond acceptors (Lipinski definition) is 11. The minimum Gasteiger partial charge on any atom is -0.459 e. The lowest BCUT2D eigenvalue weighted by atomic mass is 9.96. The van der Waals surface area contributed by atoms with Gasteiger partial charge < -0.3 is 43.8 Å². The van der Waals surface area contributed by atoms with Crippen molar-refractivity contribution in [2.45, 2.75) is 76.1 Å². The normalized spacial score (nSPS) is 18.3. The summed E-state index contributed by atoms with van der Waals surface area (Å²) in [6, 6.07) is 53.8. The highest BCUT2D eigenvalue weighted by Crippen LogP contribution is 2.30. The maximum absolute atomic E-state index is 14.3. The van der Waals surface area contributed by atoms with E-state index < -0.39 is 67.0 Å². The summed E-state index contributed by atoms with van der Waals surface area (Å²) in [4.78, 5) is 53.9. The lowest BCUT2D eigenvalue weighted by Gasteiger charge is -2.46. The summed E-state index contributed by atoms with van der Waals surface area (Å²) < 4.78 is 43.8. The van der Waals surface area contributed by atoms with E-state index >= 15 is 0 Å². The second-order valence-corrected chi connectivity index (χ2v) is 15.5. The van der Waals surface area contributed by atoms with Crippen LogP contribution in [0, 0.1) is 0 Å². The van der Waals surface area contributed by atoms with E-state index in [0.717, 1.165) is 22.3 Å². The number of ether oxygens (including phenoxy) is 7. The molecule has 7 rings (SSSR count). The molecule has 1 fully saturated rings. The number of carbonyl (C=O) groups excluding carboxylic acids is 4. The van der Waals surface area contributed by atoms with Crippen LogP contribution in [-0.2, 0) is 75.8 Å². The predicted octanol–water partition coefficient (Wildman–Crippen LogP) is 7.87. The van der Waals surface area contributed by atoms with Crippen LogP contribution in [0.15, 0.2) is 182 Å². The molecule has 340 valence electrons. The van der Waals surface area contributed by atoms with Crippen molar-refractivity contribution >= 4 is 23.9 Å². The molecule has 6 aromatic carbocycles. The zero-order valence-electron chi connectivity index (χ0n) is 36.2. The number of hydrogen-bond donors (Lipinski definition) is 2. The third kappa shape index (κ3) is 14.5. The third-order valence-corrected chi connectivity index (χ3v) is 10.6. The first-order chi connectivity index (χ1) is 32.4. The first kappa shape index (κ1) is 47.0. The second kappa shape index (κ2) is 24.9. The molecule has 0 saturated carbocycles. The molecule has 1 aliphatic rings. The SMILES string of the molecule is O=C(C[C@H](NC(=O)OC(=O)c1ccccc1)C(=O)OCc1ccccc1)N[C@H]1O[C@H](COCc2ccccc2)[C@@H](OCc2ccccc2)[C@H](OCc2ccccc2)[C@H]1OCc1ccccc1. The molecule has 1 heterocycles. The van der Waals surface area contributed by atoms with E-state index in [1.54, 1.807) is 42.5 Å². The molecule has 66 heavy (non-hydrogen) atoms. The molecule has 0 aromatic heterocycles. The van der Waals surface area contributed by atoms with Crippen LogP contribution in [0.25, 0.3) is 0 Å².